The Kier molecular flexibility index (Phi) is 6.39. The van der Waals surface area contributed by atoms with Gasteiger partial charge in [0.05, 0.1) is 14.2 Å². The molecule has 5 heterocycles. The Hall–Kier alpha value is -4.40. The van der Waals surface area contributed by atoms with Crippen LogP contribution < -0.4 is 23.7 Å². The SMILES string of the molecule is COc1ccc2c(O)c1Oc1ccc(cc1)C[C@H]1c3c(cc(OC)c4c3Oc3cc5c(cc3O4)CCN(C)[C@H]5C2)CCN1C. The number of fused-ring (bicyclic) bond motifs is 2. The van der Waals surface area contributed by atoms with Gasteiger partial charge in [-0.05, 0) is 104 Å². The second-order valence-electron chi connectivity index (χ2n) is 12.3. The molecule has 0 saturated carbocycles. The van der Waals surface area contributed by atoms with E-state index in [0.29, 0.717) is 46.7 Å². The van der Waals surface area contributed by atoms with E-state index in [1.54, 1.807) is 14.2 Å². The van der Waals surface area contributed by atoms with Crippen LogP contribution in [0.25, 0.3) is 0 Å². The minimum atomic E-state index is 0.0115. The van der Waals surface area contributed by atoms with E-state index in [9.17, 15) is 5.11 Å². The number of phenols is 1. The summed E-state index contributed by atoms with van der Waals surface area (Å²) in [6.45, 7) is 1.81. The number of likely N-dealkylation sites (N-methyl/N-ethyl adjacent to an activating group) is 2. The second kappa shape index (κ2) is 10.4. The molecule has 5 aliphatic rings. The Morgan fingerprint density at radius 2 is 1.39 bits per heavy atom. The van der Waals surface area contributed by atoms with Crippen LogP contribution in [0.5, 0.6) is 51.7 Å². The van der Waals surface area contributed by atoms with Crippen molar-refractivity contribution in [3.63, 3.8) is 0 Å². The number of hydrogen-bond acceptors (Lipinski definition) is 8. The highest BCUT2D eigenvalue weighted by molar-refractivity contribution is 5.68. The van der Waals surface area contributed by atoms with Gasteiger partial charge in [-0.25, -0.2) is 0 Å². The number of phenolic OH excluding ortho intramolecular Hbond substituents is 1. The van der Waals surface area contributed by atoms with Gasteiger partial charge >= 0.3 is 0 Å². The molecule has 4 aromatic carbocycles. The molecule has 4 aromatic rings. The first-order chi connectivity index (χ1) is 21.4. The van der Waals surface area contributed by atoms with Crippen molar-refractivity contribution in [1.82, 2.24) is 9.80 Å². The van der Waals surface area contributed by atoms with Crippen molar-refractivity contribution in [2.24, 2.45) is 0 Å². The fraction of sp³-hybridized carbons (Fsp3) is 0.333. The molecular formula is C36H36N2O6. The third-order valence-corrected chi connectivity index (χ3v) is 9.78. The molecule has 0 radical (unpaired) electrons. The van der Waals surface area contributed by atoms with Crippen LogP contribution in [0.3, 0.4) is 0 Å². The number of methoxy groups -OCH3 is 2. The van der Waals surface area contributed by atoms with Crippen LogP contribution in [0.1, 0.15) is 45.5 Å². The number of benzene rings is 4. The summed E-state index contributed by atoms with van der Waals surface area (Å²) in [5.41, 5.74) is 6.71. The predicted octanol–water partition coefficient (Wildman–Crippen LogP) is 6.96. The number of ether oxygens (including phenoxy) is 5. The molecule has 0 fully saturated rings. The Bertz CT molecular complexity index is 1790. The Labute approximate surface area is 257 Å². The summed E-state index contributed by atoms with van der Waals surface area (Å²) in [5, 5.41) is 11.5. The van der Waals surface area contributed by atoms with Crippen LogP contribution >= 0.6 is 0 Å². The number of rotatable bonds is 2. The van der Waals surface area contributed by atoms with Gasteiger partial charge in [-0.3, -0.25) is 9.80 Å². The van der Waals surface area contributed by atoms with Gasteiger partial charge in [-0.1, -0.05) is 18.2 Å². The van der Waals surface area contributed by atoms with Gasteiger partial charge in [-0.15, -0.1) is 0 Å². The molecule has 0 saturated heterocycles. The summed E-state index contributed by atoms with van der Waals surface area (Å²) in [4.78, 5) is 4.73. The lowest BCUT2D eigenvalue weighted by atomic mass is 9.86. The van der Waals surface area contributed by atoms with E-state index in [4.69, 9.17) is 23.7 Å². The largest absolute Gasteiger partial charge is 0.504 e. The summed E-state index contributed by atoms with van der Waals surface area (Å²) in [5.74, 6) is 5.01. The first-order valence-electron chi connectivity index (χ1n) is 15.2. The first kappa shape index (κ1) is 27.2. The van der Waals surface area contributed by atoms with Crippen molar-refractivity contribution in [3.8, 4) is 51.7 Å². The van der Waals surface area contributed by atoms with Crippen molar-refractivity contribution in [2.75, 3.05) is 41.4 Å². The van der Waals surface area contributed by atoms with E-state index in [-0.39, 0.29) is 17.8 Å². The monoisotopic (exact) mass is 592 g/mol. The van der Waals surface area contributed by atoms with Crippen LogP contribution in [0.4, 0.5) is 0 Å². The molecule has 0 unspecified atom stereocenters. The molecule has 1 N–H and O–H groups in total. The topological polar surface area (TPSA) is 72.9 Å². The average molecular weight is 593 g/mol. The summed E-state index contributed by atoms with van der Waals surface area (Å²) in [7, 11) is 7.58. The van der Waals surface area contributed by atoms with Crippen LogP contribution in [0.15, 0.2) is 54.6 Å². The van der Waals surface area contributed by atoms with Crippen molar-refractivity contribution in [3.05, 3.63) is 88.0 Å². The molecule has 8 nitrogen and oxygen atoms in total. The maximum atomic E-state index is 11.5. The van der Waals surface area contributed by atoms with Gasteiger partial charge in [0.15, 0.2) is 34.5 Å². The Morgan fingerprint density at radius 3 is 2.16 bits per heavy atom. The summed E-state index contributed by atoms with van der Waals surface area (Å²) >= 11 is 0. The lowest BCUT2D eigenvalue weighted by Crippen LogP contribution is -2.34. The van der Waals surface area contributed by atoms with E-state index in [2.05, 4.69) is 54.2 Å². The van der Waals surface area contributed by atoms with Crippen molar-refractivity contribution in [1.29, 1.82) is 0 Å². The fourth-order valence-corrected chi connectivity index (χ4v) is 7.27. The van der Waals surface area contributed by atoms with E-state index in [1.165, 1.54) is 16.7 Å². The second-order valence-corrected chi connectivity index (χ2v) is 12.3. The van der Waals surface area contributed by atoms with Crippen LogP contribution in [-0.4, -0.2) is 56.3 Å². The zero-order valence-corrected chi connectivity index (χ0v) is 25.5. The van der Waals surface area contributed by atoms with Gasteiger partial charge in [-0.2, -0.15) is 0 Å². The maximum Gasteiger partial charge on any atom is 0.212 e. The molecule has 7 bridgehead atoms. The van der Waals surface area contributed by atoms with Gasteiger partial charge in [0.25, 0.3) is 0 Å². The lowest BCUT2D eigenvalue weighted by Gasteiger charge is -2.39. The number of aromatic hydroxyl groups is 1. The standard InChI is InChI=1S/C36H36N2O6/c1-37-13-11-21-17-29-30-19-25(21)26(37)16-23-7-10-28(40-3)34(33(23)39)42-24-8-5-20(6-9-24)15-27-32-22(12-14-38(27)2)18-31(41-4)35(43-29)36(32)44-30/h5-10,17-19,26-27,39H,11-16H2,1-4H3/t26-,27-/m0/s1. The fourth-order valence-electron chi connectivity index (χ4n) is 7.27. The zero-order valence-electron chi connectivity index (χ0n) is 25.5. The molecule has 2 atom stereocenters. The van der Waals surface area contributed by atoms with Gasteiger partial charge in [0.1, 0.15) is 5.75 Å². The normalized spacial score (nSPS) is 20.2. The van der Waals surface area contributed by atoms with Crippen LogP contribution in [-0.2, 0) is 25.7 Å². The molecule has 0 aromatic heterocycles. The molecule has 9 rings (SSSR count). The number of nitrogens with zero attached hydrogens (tertiary/aromatic N) is 2. The zero-order chi connectivity index (χ0) is 30.1. The lowest BCUT2D eigenvalue weighted by molar-refractivity contribution is 0.218. The van der Waals surface area contributed by atoms with Crippen molar-refractivity contribution < 1.29 is 28.8 Å². The van der Waals surface area contributed by atoms with E-state index < -0.39 is 0 Å². The summed E-state index contributed by atoms with van der Waals surface area (Å²) < 4.78 is 31.3. The third-order valence-electron chi connectivity index (χ3n) is 9.78. The van der Waals surface area contributed by atoms with Crippen LogP contribution in [0, 0.1) is 0 Å². The molecule has 0 spiro atoms. The third kappa shape index (κ3) is 4.27. The van der Waals surface area contributed by atoms with E-state index in [0.717, 1.165) is 54.8 Å². The van der Waals surface area contributed by atoms with Crippen LogP contribution in [0.2, 0.25) is 0 Å². The highest BCUT2D eigenvalue weighted by atomic mass is 16.6. The summed E-state index contributed by atoms with van der Waals surface area (Å²) in [6, 6.07) is 18.3. The Morgan fingerprint density at radius 1 is 0.682 bits per heavy atom. The minimum Gasteiger partial charge on any atom is -0.504 e. The van der Waals surface area contributed by atoms with Gasteiger partial charge in [0.2, 0.25) is 11.5 Å². The molecule has 44 heavy (non-hydrogen) atoms. The van der Waals surface area contributed by atoms with E-state index >= 15 is 0 Å². The van der Waals surface area contributed by atoms with Crippen molar-refractivity contribution in [2.45, 2.75) is 37.8 Å². The molecule has 0 aliphatic carbocycles. The predicted molar refractivity (Wildman–Crippen MR) is 166 cm³/mol. The molecular weight excluding hydrogens is 556 g/mol. The van der Waals surface area contributed by atoms with E-state index in [1.807, 2.05) is 24.3 Å². The highest BCUT2D eigenvalue weighted by Gasteiger charge is 2.37. The number of hydrogen-bond donors (Lipinski definition) is 1. The average Bonchev–Trinajstić information content (AvgIpc) is 3.03. The maximum absolute atomic E-state index is 11.5. The molecule has 5 aliphatic heterocycles. The van der Waals surface area contributed by atoms with Crippen molar-refractivity contribution >= 4 is 0 Å². The molecule has 8 heteroatoms. The minimum absolute atomic E-state index is 0.0115. The first-order valence-corrected chi connectivity index (χ1v) is 15.2. The van der Waals surface area contributed by atoms with Gasteiger partial charge in [0, 0.05) is 30.7 Å². The highest BCUT2D eigenvalue weighted by Crippen LogP contribution is 2.57. The smallest absolute Gasteiger partial charge is 0.212 e. The Balaban J connectivity index is 1.34. The summed E-state index contributed by atoms with van der Waals surface area (Å²) in [6.07, 6.45) is 3.15. The molecule has 226 valence electrons. The molecule has 0 amide bonds. The quantitative estimate of drug-likeness (QED) is 0.236. The van der Waals surface area contributed by atoms with Gasteiger partial charge < -0.3 is 28.8 Å².